The van der Waals surface area contributed by atoms with Gasteiger partial charge in [-0.05, 0) is 45.6 Å². The lowest BCUT2D eigenvalue weighted by Gasteiger charge is -2.24. The Labute approximate surface area is 204 Å². The van der Waals surface area contributed by atoms with E-state index in [1.165, 1.54) is 6.33 Å². The van der Waals surface area contributed by atoms with Crippen molar-refractivity contribution in [2.75, 3.05) is 6.61 Å². The molecule has 0 aliphatic carbocycles. The van der Waals surface area contributed by atoms with Gasteiger partial charge in [0, 0.05) is 13.0 Å². The van der Waals surface area contributed by atoms with Gasteiger partial charge in [0.05, 0.1) is 12.0 Å². The zero-order valence-corrected chi connectivity index (χ0v) is 20.3. The predicted molar refractivity (Wildman–Crippen MR) is 127 cm³/mol. The van der Waals surface area contributed by atoms with E-state index in [2.05, 4.69) is 20.3 Å². The van der Waals surface area contributed by atoms with E-state index in [0.717, 1.165) is 24.8 Å². The third-order valence-electron chi connectivity index (χ3n) is 5.50. The summed E-state index contributed by atoms with van der Waals surface area (Å²) in [6, 6.07) is 8.31. The Balaban J connectivity index is 1.55. The number of carbonyl (C=O) groups excluding carboxylic acids is 2. The number of benzene rings is 1. The number of carbonyl (C=O) groups is 2. The van der Waals surface area contributed by atoms with Crippen molar-refractivity contribution in [1.29, 1.82) is 0 Å². The average Bonchev–Trinajstić information content (AvgIpc) is 3.27. The van der Waals surface area contributed by atoms with Gasteiger partial charge in [-0.3, -0.25) is 4.57 Å². The molecule has 10 heteroatoms. The zero-order valence-electron chi connectivity index (χ0n) is 20.3. The summed E-state index contributed by atoms with van der Waals surface area (Å²) >= 11 is 0. The van der Waals surface area contributed by atoms with Gasteiger partial charge >= 0.3 is 12.1 Å². The predicted octanol–water partition coefficient (Wildman–Crippen LogP) is 3.70. The van der Waals surface area contributed by atoms with Gasteiger partial charge < -0.3 is 19.5 Å². The van der Waals surface area contributed by atoms with Crippen LogP contribution in [0.15, 0.2) is 43.0 Å². The minimum Gasteiger partial charge on any atom is -0.459 e. The molecule has 0 bridgehead atoms. The number of imidazole rings is 1. The maximum atomic E-state index is 13.0. The second-order valence-electron chi connectivity index (χ2n) is 9.46. The summed E-state index contributed by atoms with van der Waals surface area (Å²) in [7, 11) is 0. The number of hydrogen-bond acceptors (Lipinski definition) is 8. The SMILES string of the molecule is CC(C)(C)OC(=O)N[C@H](Cc1ncnc2c1ncn2[C@@H]1CCCCO1)C(=O)OCc1ccccc1. The van der Waals surface area contributed by atoms with Crippen LogP contribution in [0, 0.1) is 0 Å². The summed E-state index contributed by atoms with van der Waals surface area (Å²) in [5.74, 6) is -0.596. The van der Waals surface area contributed by atoms with Crippen molar-refractivity contribution in [3.8, 4) is 0 Å². The summed E-state index contributed by atoms with van der Waals surface area (Å²) in [6.07, 6.45) is 5.30. The lowest BCUT2D eigenvalue weighted by Crippen LogP contribution is -2.45. The fraction of sp³-hybridized carbons (Fsp3) is 0.480. The molecular formula is C25H31N5O5. The van der Waals surface area contributed by atoms with Crippen molar-refractivity contribution in [1.82, 2.24) is 24.8 Å². The molecule has 3 aromatic rings. The van der Waals surface area contributed by atoms with Crippen molar-refractivity contribution in [3.05, 3.63) is 54.2 Å². The Morgan fingerprint density at radius 1 is 1.17 bits per heavy atom. The number of amides is 1. The van der Waals surface area contributed by atoms with E-state index in [0.29, 0.717) is 23.5 Å². The van der Waals surface area contributed by atoms with Gasteiger partial charge in [0.15, 0.2) is 5.65 Å². The maximum Gasteiger partial charge on any atom is 0.408 e. The van der Waals surface area contributed by atoms with E-state index in [1.807, 2.05) is 34.9 Å². The Morgan fingerprint density at radius 2 is 1.97 bits per heavy atom. The molecule has 186 valence electrons. The third kappa shape index (κ3) is 6.54. The van der Waals surface area contributed by atoms with Gasteiger partial charge in [0.1, 0.15) is 36.3 Å². The second-order valence-corrected chi connectivity index (χ2v) is 9.46. The zero-order chi connectivity index (χ0) is 24.8. The first-order chi connectivity index (χ1) is 16.8. The second kappa shape index (κ2) is 10.8. The van der Waals surface area contributed by atoms with Crippen LogP contribution in [0.25, 0.3) is 11.2 Å². The van der Waals surface area contributed by atoms with Gasteiger partial charge in [-0.25, -0.2) is 24.5 Å². The summed E-state index contributed by atoms with van der Waals surface area (Å²) in [5, 5.41) is 2.64. The molecule has 0 spiro atoms. The molecule has 0 saturated carbocycles. The lowest BCUT2D eigenvalue weighted by molar-refractivity contribution is -0.147. The normalized spacial score (nSPS) is 17.1. The molecule has 1 saturated heterocycles. The van der Waals surface area contributed by atoms with Crippen LogP contribution in [0.3, 0.4) is 0 Å². The number of fused-ring (bicyclic) bond motifs is 1. The molecule has 0 radical (unpaired) electrons. The fourth-order valence-electron chi connectivity index (χ4n) is 3.87. The van der Waals surface area contributed by atoms with E-state index in [9.17, 15) is 9.59 Å². The number of rotatable bonds is 7. The Morgan fingerprint density at radius 3 is 2.69 bits per heavy atom. The third-order valence-corrected chi connectivity index (χ3v) is 5.50. The molecule has 1 N–H and O–H groups in total. The van der Waals surface area contributed by atoms with E-state index < -0.39 is 23.7 Å². The monoisotopic (exact) mass is 481 g/mol. The molecule has 3 heterocycles. The topological polar surface area (TPSA) is 117 Å². The molecule has 35 heavy (non-hydrogen) atoms. The summed E-state index contributed by atoms with van der Waals surface area (Å²) in [5.41, 5.74) is 1.81. The van der Waals surface area contributed by atoms with Crippen molar-refractivity contribution in [2.45, 2.75) is 70.9 Å². The molecule has 2 atom stereocenters. The molecule has 0 unspecified atom stereocenters. The highest BCUT2D eigenvalue weighted by molar-refractivity contribution is 5.83. The number of esters is 1. The first-order valence-corrected chi connectivity index (χ1v) is 11.8. The van der Waals surface area contributed by atoms with Crippen LogP contribution in [-0.2, 0) is 32.0 Å². The van der Waals surface area contributed by atoms with E-state index >= 15 is 0 Å². The molecule has 10 nitrogen and oxygen atoms in total. The summed E-state index contributed by atoms with van der Waals surface area (Å²) in [6.45, 7) is 6.03. The van der Waals surface area contributed by atoms with Gasteiger partial charge in [-0.2, -0.15) is 0 Å². The first-order valence-electron chi connectivity index (χ1n) is 11.8. The van der Waals surface area contributed by atoms with Crippen LogP contribution in [0.1, 0.15) is 57.5 Å². The van der Waals surface area contributed by atoms with Crippen LogP contribution in [0.2, 0.25) is 0 Å². The molecule has 2 aromatic heterocycles. The van der Waals surface area contributed by atoms with E-state index in [-0.39, 0.29) is 19.3 Å². The minimum absolute atomic E-state index is 0.0639. The molecular weight excluding hydrogens is 450 g/mol. The summed E-state index contributed by atoms with van der Waals surface area (Å²) < 4.78 is 18.6. The quantitative estimate of drug-likeness (QED) is 0.508. The Bertz CT molecular complexity index is 1150. The fourth-order valence-corrected chi connectivity index (χ4v) is 3.87. The van der Waals surface area contributed by atoms with Crippen molar-refractivity contribution >= 4 is 23.2 Å². The highest BCUT2D eigenvalue weighted by Crippen LogP contribution is 2.26. The molecule has 1 amide bonds. The number of hydrogen-bond donors (Lipinski definition) is 1. The maximum absolute atomic E-state index is 13.0. The smallest absolute Gasteiger partial charge is 0.408 e. The highest BCUT2D eigenvalue weighted by atomic mass is 16.6. The minimum atomic E-state index is -1.03. The first kappa shape index (κ1) is 24.6. The van der Waals surface area contributed by atoms with E-state index in [1.54, 1.807) is 27.1 Å². The van der Waals surface area contributed by atoms with Crippen LogP contribution in [-0.4, -0.2) is 49.8 Å². The molecule has 1 aliphatic rings. The van der Waals surface area contributed by atoms with Crippen molar-refractivity contribution < 1.29 is 23.8 Å². The number of ether oxygens (including phenoxy) is 3. The average molecular weight is 482 g/mol. The largest absolute Gasteiger partial charge is 0.459 e. The number of aromatic nitrogens is 4. The van der Waals surface area contributed by atoms with Crippen LogP contribution in [0.5, 0.6) is 0 Å². The molecule has 4 rings (SSSR count). The molecule has 1 aromatic carbocycles. The molecule has 1 fully saturated rings. The highest BCUT2D eigenvalue weighted by Gasteiger charge is 2.28. The number of nitrogens with zero attached hydrogens (tertiary/aromatic N) is 4. The van der Waals surface area contributed by atoms with Gasteiger partial charge in [-0.15, -0.1) is 0 Å². The Hall–Kier alpha value is -3.53. The number of nitrogens with one attached hydrogen (secondary N) is 1. The van der Waals surface area contributed by atoms with Gasteiger partial charge in [-0.1, -0.05) is 30.3 Å². The number of alkyl carbamates (subject to hydrolysis) is 1. The van der Waals surface area contributed by atoms with Crippen LogP contribution < -0.4 is 5.32 Å². The van der Waals surface area contributed by atoms with Crippen LogP contribution >= 0.6 is 0 Å². The lowest BCUT2D eigenvalue weighted by atomic mass is 10.1. The van der Waals surface area contributed by atoms with Gasteiger partial charge in [0.25, 0.3) is 0 Å². The van der Waals surface area contributed by atoms with Gasteiger partial charge in [0.2, 0.25) is 0 Å². The van der Waals surface area contributed by atoms with Crippen LogP contribution in [0.4, 0.5) is 4.79 Å². The van der Waals surface area contributed by atoms with E-state index in [4.69, 9.17) is 14.2 Å². The standard InChI is InChI=1S/C25H31N5O5/c1-25(2,3)35-24(32)29-19(23(31)34-14-17-9-5-4-6-10-17)13-18-21-22(27-15-26-18)30(16-28-21)20-11-7-8-12-33-20/h4-6,9-10,15-16,19-20H,7-8,11-14H2,1-3H3,(H,29,32)/t19-,20+/m1/s1. The Kier molecular flexibility index (Phi) is 7.60. The molecule has 1 aliphatic heterocycles. The van der Waals surface area contributed by atoms with Crippen molar-refractivity contribution in [2.24, 2.45) is 0 Å². The van der Waals surface area contributed by atoms with Crippen molar-refractivity contribution in [3.63, 3.8) is 0 Å². The summed E-state index contributed by atoms with van der Waals surface area (Å²) in [4.78, 5) is 38.8.